The maximum atomic E-state index is 11.4. The van der Waals surface area contributed by atoms with Crippen LogP contribution < -0.4 is 5.32 Å². The first-order valence-corrected chi connectivity index (χ1v) is 7.99. The first-order valence-electron chi connectivity index (χ1n) is 7.99. The molecule has 1 aliphatic rings. The van der Waals surface area contributed by atoms with Crippen molar-refractivity contribution < 1.29 is 4.79 Å². The number of rotatable bonds is 4. The Balaban J connectivity index is 1.98. The molecule has 1 unspecified atom stereocenters. The Morgan fingerprint density at radius 3 is 2.48 bits per heavy atom. The van der Waals surface area contributed by atoms with Crippen molar-refractivity contribution in [2.75, 3.05) is 13.1 Å². The summed E-state index contributed by atoms with van der Waals surface area (Å²) in [5, 5.41) is 8.32. The first kappa shape index (κ1) is 16.0. The molecule has 0 radical (unpaired) electrons. The average molecular weight is 292 g/mol. The molecule has 0 bridgehead atoms. The molecular weight excluding hydrogens is 264 g/mol. The van der Waals surface area contributed by atoms with Gasteiger partial charge in [-0.15, -0.1) is 0 Å². The highest BCUT2D eigenvalue weighted by atomic mass is 16.2. The maximum Gasteiger partial charge on any atom is 0.219 e. The standard InChI is InChI=1S/C16H28N4O/c1-6-20-13(4)16(12(3)18-20)11(2)17-15-7-9-19(10-8-15)14(5)21/h11,15,17H,6-10H2,1-5H3. The van der Waals surface area contributed by atoms with Gasteiger partial charge >= 0.3 is 0 Å². The van der Waals surface area contributed by atoms with Crippen LogP contribution in [-0.2, 0) is 11.3 Å². The molecule has 2 rings (SSSR count). The van der Waals surface area contributed by atoms with Gasteiger partial charge in [-0.3, -0.25) is 9.48 Å². The number of piperidine rings is 1. The molecule has 0 spiro atoms. The number of aromatic nitrogens is 2. The zero-order chi connectivity index (χ0) is 15.6. The van der Waals surface area contributed by atoms with Crippen LogP contribution in [0.15, 0.2) is 0 Å². The normalized spacial score (nSPS) is 18.0. The minimum atomic E-state index is 0.192. The Morgan fingerprint density at radius 1 is 1.38 bits per heavy atom. The molecule has 118 valence electrons. The SMILES string of the molecule is CCn1nc(C)c(C(C)NC2CCN(C(C)=O)CC2)c1C. The van der Waals surface area contributed by atoms with E-state index >= 15 is 0 Å². The van der Waals surface area contributed by atoms with Crippen molar-refractivity contribution >= 4 is 5.91 Å². The molecule has 1 saturated heterocycles. The van der Waals surface area contributed by atoms with Gasteiger partial charge in [0.05, 0.1) is 5.69 Å². The highest BCUT2D eigenvalue weighted by Gasteiger charge is 2.24. The van der Waals surface area contributed by atoms with Gasteiger partial charge in [0.1, 0.15) is 0 Å². The summed E-state index contributed by atoms with van der Waals surface area (Å²) >= 11 is 0. The number of amides is 1. The lowest BCUT2D eigenvalue weighted by molar-refractivity contribution is -0.129. The van der Waals surface area contributed by atoms with Gasteiger partial charge in [0, 0.05) is 49.9 Å². The Bertz CT molecular complexity index is 501. The summed E-state index contributed by atoms with van der Waals surface area (Å²) in [5.41, 5.74) is 3.71. The van der Waals surface area contributed by atoms with Crippen molar-refractivity contribution in [3.05, 3.63) is 17.0 Å². The Morgan fingerprint density at radius 2 is 2.00 bits per heavy atom. The highest BCUT2D eigenvalue weighted by Crippen LogP contribution is 2.23. The molecular formula is C16H28N4O. The number of carbonyl (C=O) groups is 1. The number of nitrogens with zero attached hydrogens (tertiary/aromatic N) is 3. The molecule has 1 atom stereocenters. The van der Waals surface area contributed by atoms with E-state index in [1.165, 1.54) is 11.3 Å². The van der Waals surface area contributed by atoms with Gasteiger partial charge in [0.15, 0.2) is 0 Å². The molecule has 5 nitrogen and oxygen atoms in total. The maximum absolute atomic E-state index is 11.4. The molecule has 5 heteroatoms. The predicted molar refractivity (Wildman–Crippen MR) is 84.2 cm³/mol. The highest BCUT2D eigenvalue weighted by molar-refractivity contribution is 5.73. The van der Waals surface area contributed by atoms with E-state index in [-0.39, 0.29) is 5.91 Å². The number of nitrogens with one attached hydrogen (secondary N) is 1. The minimum absolute atomic E-state index is 0.192. The molecule has 0 aliphatic carbocycles. The second-order valence-corrected chi connectivity index (χ2v) is 6.07. The van der Waals surface area contributed by atoms with Gasteiger partial charge < -0.3 is 10.2 Å². The molecule has 1 fully saturated rings. The largest absolute Gasteiger partial charge is 0.343 e. The summed E-state index contributed by atoms with van der Waals surface area (Å²) < 4.78 is 2.07. The van der Waals surface area contributed by atoms with Gasteiger partial charge in [-0.2, -0.15) is 5.10 Å². The number of likely N-dealkylation sites (tertiary alicyclic amines) is 1. The van der Waals surface area contributed by atoms with E-state index in [9.17, 15) is 4.79 Å². The number of aryl methyl sites for hydroxylation is 2. The molecule has 2 heterocycles. The summed E-state index contributed by atoms with van der Waals surface area (Å²) in [7, 11) is 0. The lowest BCUT2D eigenvalue weighted by atomic mass is 10.0. The first-order chi connectivity index (χ1) is 9.93. The fraction of sp³-hybridized carbons (Fsp3) is 0.750. The Labute approximate surface area is 127 Å². The number of hydrogen-bond donors (Lipinski definition) is 1. The van der Waals surface area contributed by atoms with E-state index in [0.29, 0.717) is 12.1 Å². The smallest absolute Gasteiger partial charge is 0.219 e. The lowest BCUT2D eigenvalue weighted by Crippen LogP contribution is -2.44. The fourth-order valence-corrected chi connectivity index (χ4v) is 3.44. The van der Waals surface area contributed by atoms with Crippen LogP contribution in [0.2, 0.25) is 0 Å². The van der Waals surface area contributed by atoms with Crippen molar-refractivity contribution in [3.63, 3.8) is 0 Å². The van der Waals surface area contributed by atoms with E-state index in [2.05, 4.69) is 42.8 Å². The summed E-state index contributed by atoms with van der Waals surface area (Å²) in [6.45, 7) is 12.9. The van der Waals surface area contributed by atoms with E-state index in [1.807, 2.05) is 4.90 Å². The van der Waals surface area contributed by atoms with Gasteiger partial charge in [0.25, 0.3) is 0 Å². The van der Waals surface area contributed by atoms with Crippen molar-refractivity contribution in [3.8, 4) is 0 Å². The average Bonchev–Trinajstić information content (AvgIpc) is 2.73. The minimum Gasteiger partial charge on any atom is -0.343 e. The van der Waals surface area contributed by atoms with Crippen LogP contribution in [0.3, 0.4) is 0 Å². The number of carbonyl (C=O) groups excluding carboxylic acids is 1. The zero-order valence-corrected chi connectivity index (χ0v) is 13.9. The van der Waals surface area contributed by atoms with Crippen LogP contribution >= 0.6 is 0 Å². The quantitative estimate of drug-likeness (QED) is 0.925. The van der Waals surface area contributed by atoms with Crippen LogP contribution in [0.25, 0.3) is 0 Å². The molecule has 1 aromatic heterocycles. The van der Waals surface area contributed by atoms with Crippen molar-refractivity contribution in [2.24, 2.45) is 0 Å². The van der Waals surface area contributed by atoms with E-state index < -0.39 is 0 Å². The number of hydrogen-bond acceptors (Lipinski definition) is 3. The molecule has 0 saturated carbocycles. The summed E-state index contributed by atoms with van der Waals surface area (Å²) in [5.74, 6) is 0.192. The molecule has 1 N–H and O–H groups in total. The van der Waals surface area contributed by atoms with Crippen LogP contribution in [0, 0.1) is 13.8 Å². The fourth-order valence-electron chi connectivity index (χ4n) is 3.44. The Kier molecular flexibility index (Phi) is 5.04. The van der Waals surface area contributed by atoms with Crippen molar-refractivity contribution in [1.82, 2.24) is 20.0 Å². The second-order valence-electron chi connectivity index (χ2n) is 6.07. The summed E-state index contributed by atoms with van der Waals surface area (Å²) in [6, 6.07) is 0.790. The van der Waals surface area contributed by atoms with Crippen molar-refractivity contribution in [2.45, 2.75) is 66.1 Å². The lowest BCUT2D eigenvalue weighted by Gasteiger charge is -2.33. The van der Waals surface area contributed by atoms with E-state index in [4.69, 9.17) is 0 Å². The third-order valence-electron chi connectivity index (χ3n) is 4.60. The van der Waals surface area contributed by atoms with E-state index in [0.717, 1.165) is 38.2 Å². The van der Waals surface area contributed by atoms with Crippen LogP contribution in [0.4, 0.5) is 0 Å². The molecule has 1 aromatic rings. The molecule has 21 heavy (non-hydrogen) atoms. The summed E-state index contributed by atoms with van der Waals surface area (Å²) in [4.78, 5) is 13.3. The van der Waals surface area contributed by atoms with Crippen LogP contribution in [0.1, 0.15) is 56.6 Å². The monoisotopic (exact) mass is 292 g/mol. The third-order valence-corrected chi connectivity index (χ3v) is 4.60. The Hall–Kier alpha value is -1.36. The molecule has 1 amide bonds. The van der Waals surface area contributed by atoms with Gasteiger partial charge in [-0.1, -0.05) is 0 Å². The van der Waals surface area contributed by atoms with Gasteiger partial charge in [-0.05, 0) is 40.5 Å². The van der Waals surface area contributed by atoms with Crippen molar-refractivity contribution in [1.29, 1.82) is 0 Å². The van der Waals surface area contributed by atoms with Crippen LogP contribution in [0.5, 0.6) is 0 Å². The zero-order valence-electron chi connectivity index (χ0n) is 13.9. The van der Waals surface area contributed by atoms with E-state index in [1.54, 1.807) is 6.92 Å². The van der Waals surface area contributed by atoms with Gasteiger partial charge in [-0.25, -0.2) is 0 Å². The second kappa shape index (κ2) is 6.60. The topological polar surface area (TPSA) is 50.2 Å². The molecule has 1 aliphatic heterocycles. The summed E-state index contributed by atoms with van der Waals surface area (Å²) in [6.07, 6.45) is 2.06. The third kappa shape index (κ3) is 3.46. The van der Waals surface area contributed by atoms with Gasteiger partial charge in [0.2, 0.25) is 5.91 Å². The van der Waals surface area contributed by atoms with Crippen LogP contribution in [-0.4, -0.2) is 39.7 Å². The predicted octanol–water partition coefficient (Wildman–Crippen LogP) is 2.18. The molecule has 0 aromatic carbocycles.